The zero-order valence-corrected chi connectivity index (χ0v) is 35.8. The van der Waals surface area contributed by atoms with Crippen molar-refractivity contribution >= 4 is 33.1 Å². The van der Waals surface area contributed by atoms with Crippen molar-refractivity contribution in [2.45, 2.75) is 53.9 Å². The van der Waals surface area contributed by atoms with Crippen molar-refractivity contribution in [1.29, 1.82) is 0 Å². The molecule has 0 aliphatic rings. The maximum atomic E-state index is 13.2. The second kappa shape index (κ2) is 22.5. The van der Waals surface area contributed by atoms with E-state index >= 15 is 0 Å². The molecule has 10 heteroatoms. The number of carbonyl (C=O) groups is 2. The molecule has 54 heavy (non-hydrogen) atoms. The van der Waals surface area contributed by atoms with Crippen LogP contribution < -0.4 is 0 Å². The van der Waals surface area contributed by atoms with Gasteiger partial charge in [-0.25, -0.2) is 8.78 Å². The topological polar surface area (TPSA) is 100 Å². The number of aliphatic hydroxyl groups excluding tert-OH is 2. The molecule has 2 radical (unpaired) electrons. The van der Waals surface area contributed by atoms with E-state index in [1.54, 1.807) is 6.20 Å². The van der Waals surface area contributed by atoms with Crippen LogP contribution in [0, 0.1) is 23.8 Å². The van der Waals surface area contributed by atoms with E-state index in [-0.39, 0.29) is 68.7 Å². The van der Waals surface area contributed by atoms with Crippen molar-refractivity contribution in [3.63, 3.8) is 0 Å². The Bertz CT molecular complexity index is 2150. The Morgan fingerprint density at radius 1 is 0.667 bits per heavy atom. The number of ketones is 2. The number of hydrogen-bond acceptors (Lipinski definition) is 6. The fourth-order valence-corrected chi connectivity index (χ4v) is 4.92. The van der Waals surface area contributed by atoms with E-state index in [4.69, 9.17) is 10.2 Å². The van der Waals surface area contributed by atoms with Crippen molar-refractivity contribution in [2.24, 2.45) is 0 Å². The number of fused-ring (bicyclic) bond motifs is 2. The minimum Gasteiger partial charge on any atom is -0.512 e. The summed E-state index contributed by atoms with van der Waals surface area (Å²) in [5.74, 6) is -1.48. The molecule has 0 unspecified atom stereocenters. The zero-order chi connectivity index (χ0) is 38.4. The van der Waals surface area contributed by atoms with Crippen LogP contribution in [0.25, 0.3) is 44.1 Å². The standard InChI is InChI=1S/C19H18N.C15H8F2N.2C5H8O2.2Ir/c1-19(2,3)16-10-8-15(9-11-16)18-17-7-5-4-6-14(17)12-13-20-18;16-12-7-11(8-13(17)9-12)15-14-4-2-1-3-10(14)5-6-18-15;2*1-4(6)3-5(2)7;;/h4-8,10-13H,1-3H3;1-7,9H;2*3,6H,1-2H3;;/q2*-1;;;;. The van der Waals surface area contributed by atoms with Gasteiger partial charge in [0.2, 0.25) is 0 Å². The number of pyridine rings is 2. The number of aliphatic hydroxyl groups is 2. The predicted molar refractivity (Wildman–Crippen MR) is 205 cm³/mol. The summed E-state index contributed by atoms with van der Waals surface area (Å²) < 4.78 is 26.4. The summed E-state index contributed by atoms with van der Waals surface area (Å²) in [5, 5.41) is 20.9. The van der Waals surface area contributed by atoms with E-state index < -0.39 is 11.6 Å². The number of carbonyl (C=O) groups excluding carboxylic acids is 2. The van der Waals surface area contributed by atoms with E-state index in [9.17, 15) is 18.4 Å². The van der Waals surface area contributed by atoms with E-state index in [0.29, 0.717) is 11.3 Å². The first-order chi connectivity index (χ1) is 24.5. The van der Waals surface area contributed by atoms with Crippen molar-refractivity contribution < 1.29 is 68.8 Å². The molecule has 6 rings (SSSR count). The van der Waals surface area contributed by atoms with Crippen LogP contribution in [0.4, 0.5) is 8.78 Å². The Kier molecular flexibility index (Phi) is 19.7. The third-order valence-electron chi connectivity index (χ3n) is 7.16. The van der Waals surface area contributed by atoms with Gasteiger partial charge in [0.05, 0.1) is 11.5 Å². The molecule has 0 amide bonds. The van der Waals surface area contributed by atoms with Gasteiger partial charge in [-0.05, 0) is 78.2 Å². The van der Waals surface area contributed by atoms with Crippen LogP contribution in [0.3, 0.4) is 0 Å². The Balaban J connectivity index is 0.000000394. The zero-order valence-electron chi connectivity index (χ0n) is 31.0. The van der Waals surface area contributed by atoms with E-state index in [0.717, 1.165) is 28.1 Å². The first-order valence-electron chi connectivity index (χ1n) is 16.4. The SMILES string of the molecule is CC(=O)C=C(C)O.CC(=O)C=C(C)O.CC(C)(C)c1c[c-]c(-c2nccc3ccccc23)cc1.Fc1[c-]c(-c2nccc3ccccc23)cc(F)c1.[Ir].[Ir]. The minimum atomic E-state index is -0.722. The number of hydrogen-bond donors (Lipinski definition) is 2. The van der Waals surface area contributed by atoms with E-state index in [1.807, 2.05) is 42.6 Å². The van der Waals surface area contributed by atoms with Gasteiger partial charge < -0.3 is 20.2 Å². The summed E-state index contributed by atoms with van der Waals surface area (Å²) >= 11 is 0. The van der Waals surface area contributed by atoms with Crippen molar-refractivity contribution in [3.05, 3.63) is 156 Å². The molecule has 0 saturated carbocycles. The molecule has 0 spiro atoms. The Labute approximate surface area is 342 Å². The number of nitrogens with zero attached hydrogens (tertiary/aromatic N) is 2. The molecule has 6 aromatic rings. The van der Waals surface area contributed by atoms with Crippen LogP contribution in [-0.4, -0.2) is 31.7 Å². The van der Waals surface area contributed by atoms with Gasteiger partial charge in [0.1, 0.15) is 0 Å². The van der Waals surface area contributed by atoms with Crippen LogP contribution in [0.1, 0.15) is 54.0 Å². The molecular formula is C44H42F2Ir2N2O4-2. The predicted octanol–water partition coefficient (Wildman–Crippen LogP) is 11.0. The molecule has 0 saturated heterocycles. The summed E-state index contributed by atoms with van der Waals surface area (Å²) in [6.07, 6.45) is 5.82. The van der Waals surface area contributed by atoms with Gasteiger partial charge in [-0.2, -0.15) is 0 Å². The van der Waals surface area contributed by atoms with Gasteiger partial charge in [-0.1, -0.05) is 75.4 Å². The monoisotopic (exact) mass is 1090 g/mol. The molecule has 2 heterocycles. The first-order valence-corrected chi connectivity index (χ1v) is 16.4. The summed E-state index contributed by atoms with van der Waals surface area (Å²) in [5.41, 5.74) is 4.36. The van der Waals surface area contributed by atoms with Crippen molar-refractivity contribution in [1.82, 2.24) is 9.97 Å². The molecule has 2 aromatic heterocycles. The number of aromatic nitrogens is 2. The molecule has 6 nitrogen and oxygen atoms in total. The smallest absolute Gasteiger partial charge is 0.155 e. The molecule has 0 bridgehead atoms. The quantitative estimate of drug-likeness (QED) is 0.104. The van der Waals surface area contributed by atoms with Gasteiger partial charge in [0, 0.05) is 76.4 Å². The molecule has 0 aliphatic heterocycles. The summed E-state index contributed by atoms with van der Waals surface area (Å²) in [7, 11) is 0. The van der Waals surface area contributed by atoms with Crippen LogP contribution in [-0.2, 0) is 55.2 Å². The number of benzene rings is 4. The number of rotatable bonds is 4. The minimum absolute atomic E-state index is 0. The summed E-state index contributed by atoms with van der Waals surface area (Å²) in [6.45, 7) is 12.3. The molecule has 286 valence electrons. The van der Waals surface area contributed by atoms with Crippen molar-refractivity contribution in [2.75, 3.05) is 0 Å². The van der Waals surface area contributed by atoms with Crippen LogP contribution in [0.15, 0.2) is 127 Å². The first kappa shape index (κ1) is 47.3. The summed E-state index contributed by atoms with van der Waals surface area (Å²) in [6, 6.07) is 34.1. The van der Waals surface area contributed by atoms with E-state index in [1.165, 1.54) is 62.2 Å². The summed E-state index contributed by atoms with van der Waals surface area (Å²) in [4.78, 5) is 28.8. The molecule has 0 aliphatic carbocycles. The Hall–Kier alpha value is -4.72. The fourth-order valence-electron chi connectivity index (χ4n) is 4.92. The maximum absolute atomic E-state index is 13.2. The number of allylic oxidation sites excluding steroid dienone is 4. The second-order valence-corrected chi connectivity index (χ2v) is 12.9. The van der Waals surface area contributed by atoms with Gasteiger partial charge in [-0.15, -0.1) is 53.1 Å². The molecule has 0 fully saturated rings. The Morgan fingerprint density at radius 3 is 1.50 bits per heavy atom. The largest absolute Gasteiger partial charge is 0.512 e. The van der Waals surface area contributed by atoms with Crippen LogP contribution >= 0.6 is 0 Å². The fraction of sp³-hybridized carbons (Fsp3) is 0.182. The number of halogens is 2. The van der Waals surface area contributed by atoms with Crippen LogP contribution in [0.2, 0.25) is 0 Å². The normalized spacial score (nSPS) is 10.9. The molecule has 2 N–H and O–H groups in total. The second-order valence-electron chi connectivity index (χ2n) is 12.9. The molecular weight excluding hydrogens is 1040 g/mol. The van der Waals surface area contributed by atoms with E-state index in [2.05, 4.69) is 85.3 Å². The average molecular weight is 1090 g/mol. The third kappa shape index (κ3) is 15.3. The molecule has 0 atom stereocenters. The maximum Gasteiger partial charge on any atom is 0.155 e. The third-order valence-corrected chi connectivity index (χ3v) is 7.16. The van der Waals surface area contributed by atoms with Crippen LogP contribution in [0.5, 0.6) is 0 Å². The van der Waals surface area contributed by atoms with Crippen molar-refractivity contribution in [3.8, 4) is 22.5 Å². The van der Waals surface area contributed by atoms with Gasteiger partial charge in [-0.3, -0.25) is 9.59 Å². The molecule has 4 aromatic carbocycles. The average Bonchev–Trinajstić information content (AvgIpc) is 3.07. The van der Waals surface area contributed by atoms with Gasteiger partial charge >= 0.3 is 0 Å². The van der Waals surface area contributed by atoms with Gasteiger partial charge in [0.15, 0.2) is 11.6 Å². The van der Waals surface area contributed by atoms with Gasteiger partial charge in [0.25, 0.3) is 0 Å². The Morgan fingerprint density at radius 2 is 1.13 bits per heavy atom.